The second-order valence-electron chi connectivity index (χ2n) is 24.9. The van der Waals surface area contributed by atoms with Crippen molar-refractivity contribution in [2.45, 2.75) is 86.4 Å². The summed E-state index contributed by atoms with van der Waals surface area (Å²) in [4.78, 5) is 80.4. The first-order chi connectivity index (χ1) is 43.9. The standard InChI is InChI=1S/C23H25N7O.C23H27N7O.C21H23N7O/c1-15-11-30-21(16(2)24-15)9-20(26-30)19-10-23(31)29-14-17(5-6-22(29)25-19)28-12-18(13-28)27-7-3-4-8-27;1-5-27(6-2)18-12-28(13-18)17-7-8-22-25-19(10-23(31)29(22)14-17)20-9-21-16(4)24-15(3)11-30(21)26-20;1-13-9-28-19(14(2)22-13)7-18(24-28)17-8-21(29)27-12-15(5-6-20(27)23-17)26-10-16(11-26)25(3)4/h5-6,9-11,14,18H,3-4,7-8,12-13H2,1-2H3;7-11,14,18H,5-6,12-13H2,1-4H3;5-9,12,16H,10-11H2,1-4H3. The smallest absolute Gasteiger partial charge is 0.258 e. The average molecular weight is 1220 g/mol. The van der Waals surface area contributed by atoms with E-state index in [1.807, 2.05) is 127 Å². The molecule has 0 spiro atoms. The molecule has 24 nitrogen and oxygen atoms in total. The minimum atomic E-state index is -0.111. The van der Waals surface area contributed by atoms with Gasteiger partial charge in [-0.1, -0.05) is 13.8 Å². The van der Waals surface area contributed by atoms with Crippen LogP contribution in [-0.2, 0) is 0 Å². The molecule has 0 unspecified atom stereocenters. The summed E-state index contributed by atoms with van der Waals surface area (Å²) in [6.45, 7) is 26.6. The molecular formula is C67H75N21O3. The molecular weight excluding hydrogens is 1150 g/mol. The molecule has 4 fully saturated rings. The molecule has 0 aliphatic carbocycles. The van der Waals surface area contributed by atoms with Crippen molar-refractivity contribution in [2.75, 3.05) is 94.2 Å². The van der Waals surface area contributed by atoms with Crippen molar-refractivity contribution in [3.8, 4) is 34.2 Å². The van der Waals surface area contributed by atoms with Gasteiger partial charge >= 0.3 is 0 Å². The summed E-state index contributed by atoms with van der Waals surface area (Å²) in [6.07, 6.45) is 14.0. The molecule has 0 bridgehead atoms. The van der Waals surface area contributed by atoms with Crippen LogP contribution in [0.5, 0.6) is 0 Å². The van der Waals surface area contributed by atoms with Crippen LogP contribution in [0.25, 0.3) is 67.7 Å². The van der Waals surface area contributed by atoms with Gasteiger partial charge in [0, 0.05) is 94.2 Å². The maximum absolute atomic E-state index is 12.9. The zero-order valence-corrected chi connectivity index (χ0v) is 53.2. The zero-order chi connectivity index (χ0) is 63.1. The molecule has 4 saturated heterocycles. The molecule has 12 aromatic rings. The second-order valence-corrected chi connectivity index (χ2v) is 24.9. The van der Waals surface area contributed by atoms with Crippen molar-refractivity contribution >= 4 is 50.6 Å². The Morgan fingerprint density at radius 3 is 1.10 bits per heavy atom. The van der Waals surface area contributed by atoms with Crippen LogP contribution in [0.3, 0.4) is 0 Å². The summed E-state index contributed by atoms with van der Waals surface area (Å²) >= 11 is 0. The summed E-state index contributed by atoms with van der Waals surface area (Å²) in [6, 6.07) is 24.1. The number of likely N-dealkylation sites (N-methyl/N-ethyl adjacent to an activating group) is 2. The highest BCUT2D eigenvalue weighted by molar-refractivity contribution is 5.70. The van der Waals surface area contributed by atoms with Gasteiger partial charge in [0.25, 0.3) is 16.7 Å². The van der Waals surface area contributed by atoms with E-state index in [1.54, 1.807) is 44.9 Å². The Kier molecular flexibility index (Phi) is 15.2. The molecule has 16 rings (SSSR count). The topological polar surface area (TPSA) is 213 Å². The summed E-state index contributed by atoms with van der Waals surface area (Å²) in [5, 5.41) is 13.8. The number of nitrogens with zero attached hydrogens (tertiary/aromatic N) is 21. The van der Waals surface area contributed by atoms with E-state index >= 15 is 0 Å². The molecule has 12 aromatic heterocycles. The maximum atomic E-state index is 12.9. The number of aryl methyl sites for hydroxylation is 6. The number of fused-ring (bicyclic) bond motifs is 6. The minimum Gasteiger partial charge on any atom is -0.367 e. The van der Waals surface area contributed by atoms with Gasteiger partial charge in [0.15, 0.2) is 0 Å². The second kappa shape index (κ2) is 23.5. The Morgan fingerprint density at radius 2 is 0.758 bits per heavy atom. The largest absolute Gasteiger partial charge is 0.367 e. The highest BCUT2D eigenvalue weighted by Crippen LogP contribution is 2.30. The first-order valence-corrected chi connectivity index (χ1v) is 31.4. The van der Waals surface area contributed by atoms with Gasteiger partial charge in [-0.3, -0.25) is 52.3 Å². The van der Waals surface area contributed by atoms with Crippen LogP contribution >= 0.6 is 0 Å². The van der Waals surface area contributed by atoms with Crippen molar-refractivity contribution < 1.29 is 0 Å². The fourth-order valence-corrected chi connectivity index (χ4v) is 13.1. The Balaban J connectivity index is 0.000000119. The van der Waals surface area contributed by atoms with Crippen LogP contribution in [0.4, 0.5) is 17.1 Å². The molecule has 91 heavy (non-hydrogen) atoms. The van der Waals surface area contributed by atoms with Gasteiger partial charge in [-0.25, -0.2) is 28.5 Å². The van der Waals surface area contributed by atoms with Crippen molar-refractivity contribution in [1.82, 2.24) is 86.6 Å². The van der Waals surface area contributed by atoms with Gasteiger partial charge < -0.3 is 19.6 Å². The number of hydrogen-bond acceptors (Lipinski definition) is 18. The summed E-state index contributed by atoms with van der Waals surface area (Å²) in [5.74, 6) is 0. The highest BCUT2D eigenvalue weighted by Gasteiger charge is 2.34. The Labute approximate surface area is 524 Å². The monoisotopic (exact) mass is 1220 g/mol. The van der Waals surface area contributed by atoms with E-state index in [-0.39, 0.29) is 16.7 Å². The first kappa shape index (κ1) is 58.9. The molecule has 4 aliphatic heterocycles. The van der Waals surface area contributed by atoms with Crippen molar-refractivity contribution in [3.05, 3.63) is 175 Å². The first-order valence-electron chi connectivity index (χ1n) is 31.4. The summed E-state index contributed by atoms with van der Waals surface area (Å²) in [7, 11) is 4.19. The van der Waals surface area contributed by atoms with Crippen molar-refractivity contribution in [2.24, 2.45) is 0 Å². The SMILES string of the molecule is CCN(CC)C1CN(c2ccc3nc(-c4cc5c(C)nc(C)cn5n4)cc(=O)n3c2)C1.Cc1cn2nc(-c3cc(=O)n4cc(N5CC(N(C)C)C5)ccc4n3)cc2c(C)n1.Cc1cn2nc(-c3cc(=O)n4cc(N5CC(N6CCCC6)C5)ccc4n3)cc2c(C)n1. The Bertz CT molecular complexity index is 4780. The normalized spacial score (nSPS) is 15.8. The molecule has 466 valence electrons. The Morgan fingerprint density at radius 1 is 0.418 bits per heavy atom. The van der Waals surface area contributed by atoms with Gasteiger partial charge in [0.2, 0.25) is 0 Å². The third-order valence-corrected chi connectivity index (χ3v) is 18.4. The fraction of sp³-hybridized carbons (Fsp3) is 0.373. The molecule has 0 radical (unpaired) electrons. The van der Waals surface area contributed by atoms with Crippen LogP contribution < -0.4 is 31.4 Å². The fourth-order valence-electron chi connectivity index (χ4n) is 13.1. The van der Waals surface area contributed by atoms with E-state index in [0.717, 1.165) is 120 Å². The average Bonchev–Trinajstić information content (AvgIpc) is 1.95. The van der Waals surface area contributed by atoms with E-state index < -0.39 is 0 Å². The molecule has 0 amide bonds. The zero-order valence-electron chi connectivity index (χ0n) is 53.2. The van der Waals surface area contributed by atoms with Gasteiger partial charge in [-0.15, -0.1) is 0 Å². The van der Waals surface area contributed by atoms with Crippen LogP contribution in [0.1, 0.15) is 60.9 Å². The van der Waals surface area contributed by atoms with Gasteiger partial charge in [0.1, 0.15) is 34.0 Å². The summed E-state index contributed by atoms with van der Waals surface area (Å²) < 4.78 is 10.3. The Hall–Kier alpha value is -9.78. The lowest BCUT2D eigenvalue weighted by atomic mass is 10.1. The van der Waals surface area contributed by atoms with Gasteiger partial charge in [0.05, 0.1) is 103 Å². The number of hydrogen-bond donors (Lipinski definition) is 0. The van der Waals surface area contributed by atoms with E-state index in [0.29, 0.717) is 69.2 Å². The lowest BCUT2D eigenvalue weighted by Crippen LogP contribution is -2.59. The molecule has 0 aromatic carbocycles. The van der Waals surface area contributed by atoms with E-state index in [9.17, 15) is 14.4 Å². The predicted molar refractivity (Wildman–Crippen MR) is 354 cm³/mol. The van der Waals surface area contributed by atoms with Crippen LogP contribution in [0.15, 0.2) is 124 Å². The number of rotatable bonds is 11. The summed E-state index contributed by atoms with van der Waals surface area (Å²) in [5.41, 5.74) is 16.6. The lowest BCUT2D eigenvalue weighted by molar-refractivity contribution is 0.183. The highest BCUT2D eigenvalue weighted by atomic mass is 16.1. The number of aromatic nitrogens is 15. The molecule has 24 heteroatoms. The van der Waals surface area contributed by atoms with Crippen LogP contribution in [0, 0.1) is 41.5 Å². The third-order valence-electron chi connectivity index (χ3n) is 18.4. The van der Waals surface area contributed by atoms with Crippen LogP contribution in [-0.4, -0.2) is 184 Å². The van der Waals surface area contributed by atoms with E-state index in [2.05, 4.69) is 98.6 Å². The molecule has 16 heterocycles. The van der Waals surface area contributed by atoms with E-state index in [1.165, 1.54) is 25.9 Å². The molecule has 0 atom stereocenters. The quantitative estimate of drug-likeness (QED) is 0.133. The minimum absolute atomic E-state index is 0.0958. The third kappa shape index (κ3) is 11.3. The number of pyridine rings is 3. The number of likely N-dealkylation sites (tertiary alicyclic amines) is 1. The molecule has 0 saturated carbocycles. The maximum Gasteiger partial charge on any atom is 0.258 e. The molecule has 4 aliphatic rings. The molecule has 0 N–H and O–H groups in total. The van der Waals surface area contributed by atoms with Gasteiger partial charge in [-0.05, 0) is 149 Å². The van der Waals surface area contributed by atoms with Gasteiger partial charge in [-0.2, -0.15) is 15.3 Å². The van der Waals surface area contributed by atoms with Crippen molar-refractivity contribution in [3.63, 3.8) is 0 Å². The van der Waals surface area contributed by atoms with Crippen LogP contribution in [0.2, 0.25) is 0 Å². The van der Waals surface area contributed by atoms with E-state index in [4.69, 9.17) is 9.97 Å². The predicted octanol–water partition coefficient (Wildman–Crippen LogP) is 6.63. The number of anilines is 3. The van der Waals surface area contributed by atoms with Crippen molar-refractivity contribution in [1.29, 1.82) is 0 Å². The lowest BCUT2D eigenvalue weighted by Gasteiger charge is -2.46.